The molecule has 1 rings (SSSR count). The number of esters is 1. The Morgan fingerprint density at radius 2 is 2.05 bits per heavy atom. The van der Waals surface area contributed by atoms with Gasteiger partial charge >= 0.3 is 5.97 Å². The third-order valence-corrected chi connectivity index (χ3v) is 2.96. The van der Waals surface area contributed by atoms with Crippen molar-refractivity contribution in [1.29, 1.82) is 0 Å². The number of aliphatic hydroxyl groups excluding tert-OH is 1. The number of aryl methyl sites for hydroxylation is 1. The minimum Gasteiger partial charge on any atom is -0.465 e. The van der Waals surface area contributed by atoms with Crippen LogP contribution in [0.5, 0.6) is 0 Å². The SMILES string of the molecule is CCOC(=O)C(CNCCO)C(=O)c1cc(C)cc(F)c1F. The first-order chi connectivity index (χ1) is 10.4. The van der Waals surface area contributed by atoms with Crippen molar-refractivity contribution >= 4 is 11.8 Å². The average Bonchev–Trinajstić information content (AvgIpc) is 2.47. The van der Waals surface area contributed by atoms with Gasteiger partial charge < -0.3 is 15.2 Å². The van der Waals surface area contributed by atoms with Crippen LogP contribution in [-0.2, 0) is 9.53 Å². The van der Waals surface area contributed by atoms with E-state index < -0.39 is 34.9 Å². The van der Waals surface area contributed by atoms with Gasteiger partial charge in [0.2, 0.25) is 0 Å². The van der Waals surface area contributed by atoms with Crippen molar-refractivity contribution in [2.45, 2.75) is 13.8 Å². The van der Waals surface area contributed by atoms with E-state index in [2.05, 4.69) is 5.32 Å². The van der Waals surface area contributed by atoms with Crippen molar-refractivity contribution in [3.8, 4) is 0 Å². The smallest absolute Gasteiger partial charge is 0.318 e. The molecule has 1 aromatic carbocycles. The summed E-state index contributed by atoms with van der Waals surface area (Å²) in [6.07, 6.45) is 0. The molecule has 2 N–H and O–H groups in total. The van der Waals surface area contributed by atoms with Crippen LogP contribution in [0.4, 0.5) is 8.78 Å². The van der Waals surface area contributed by atoms with E-state index in [0.29, 0.717) is 5.56 Å². The number of carbonyl (C=O) groups is 2. The fraction of sp³-hybridized carbons (Fsp3) is 0.467. The lowest BCUT2D eigenvalue weighted by atomic mass is 9.95. The van der Waals surface area contributed by atoms with Crippen LogP contribution in [0.2, 0.25) is 0 Å². The molecule has 0 saturated carbocycles. The molecule has 0 saturated heterocycles. The summed E-state index contributed by atoms with van der Waals surface area (Å²) < 4.78 is 32.0. The van der Waals surface area contributed by atoms with Crippen LogP contribution in [-0.4, -0.2) is 43.2 Å². The molecule has 0 aliphatic carbocycles. The summed E-state index contributed by atoms with van der Waals surface area (Å²) in [5.74, 6) is -5.41. The van der Waals surface area contributed by atoms with E-state index in [1.807, 2.05) is 0 Å². The van der Waals surface area contributed by atoms with Gasteiger partial charge in [0.05, 0.1) is 18.8 Å². The van der Waals surface area contributed by atoms with Gasteiger partial charge in [-0.1, -0.05) is 0 Å². The highest BCUT2D eigenvalue weighted by atomic mass is 19.2. The number of ketones is 1. The molecule has 0 fully saturated rings. The van der Waals surface area contributed by atoms with Gasteiger partial charge in [0, 0.05) is 13.1 Å². The van der Waals surface area contributed by atoms with Crippen LogP contribution in [0.1, 0.15) is 22.8 Å². The quantitative estimate of drug-likeness (QED) is 0.326. The third-order valence-electron chi connectivity index (χ3n) is 2.96. The normalized spacial score (nSPS) is 12.0. The molecule has 0 bridgehead atoms. The maximum atomic E-state index is 13.8. The first kappa shape index (κ1) is 18.2. The molecule has 5 nitrogen and oxygen atoms in total. The summed E-state index contributed by atoms with van der Waals surface area (Å²) in [4.78, 5) is 24.2. The highest BCUT2D eigenvalue weighted by molar-refractivity contribution is 6.09. The van der Waals surface area contributed by atoms with Gasteiger partial charge in [0.15, 0.2) is 17.4 Å². The van der Waals surface area contributed by atoms with Crippen molar-refractivity contribution in [2.24, 2.45) is 5.92 Å². The molecule has 0 aliphatic rings. The highest BCUT2D eigenvalue weighted by Gasteiger charge is 2.31. The summed E-state index contributed by atoms with van der Waals surface area (Å²) in [5, 5.41) is 11.4. The van der Waals surface area contributed by atoms with Gasteiger partial charge in [-0.3, -0.25) is 9.59 Å². The van der Waals surface area contributed by atoms with Crippen LogP contribution in [0.15, 0.2) is 12.1 Å². The number of nitrogens with one attached hydrogen (secondary N) is 1. The molecule has 1 aromatic rings. The van der Waals surface area contributed by atoms with Crippen molar-refractivity contribution in [3.63, 3.8) is 0 Å². The standard InChI is InChI=1S/C15H19F2NO4/c1-3-22-15(21)11(8-18-4-5-19)14(20)10-6-9(2)7-12(16)13(10)17/h6-7,11,18-19H,3-5,8H2,1-2H3. The molecule has 1 unspecified atom stereocenters. The van der Waals surface area contributed by atoms with Crippen molar-refractivity contribution in [2.75, 3.05) is 26.3 Å². The molecule has 0 aliphatic heterocycles. The molecule has 0 heterocycles. The molecule has 0 aromatic heterocycles. The largest absolute Gasteiger partial charge is 0.465 e. The topological polar surface area (TPSA) is 75.6 Å². The zero-order valence-corrected chi connectivity index (χ0v) is 12.5. The lowest BCUT2D eigenvalue weighted by Gasteiger charge is -2.16. The van der Waals surface area contributed by atoms with Gasteiger partial charge in [0.1, 0.15) is 5.92 Å². The number of Topliss-reactive ketones (excluding diaryl/α,β-unsaturated/α-hetero) is 1. The van der Waals surface area contributed by atoms with Gasteiger partial charge in [0.25, 0.3) is 0 Å². The summed E-state index contributed by atoms with van der Waals surface area (Å²) in [6.45, 7) is 3.00. The predicted octanol–water partition coefficient (Wildman–Crippen LogP) is 1.22. The first-order valence-corrected chi connectivity index (χ1v) is 6.90. The average molecular weight is 315 g/mol. The maximum Gasteiger partial charge on any atom is 0.318 e. The zero-order chi connectivity index (χ0) is 16.7. The van der Waals surface area contributed by atoms with Crippen molar-refractivity contribution in [1.82, 2.24) is 5.32 Å². The minimum absolute atomic E-state index is 0.0628. The summed E-state index contributed by atoms with van der Waals surface area (Å²) in [6, 6.07) is 2.16. The Morgan fingerprint density at radius 1 is 1.36 bits per heavy atom. The number of ether oxygens (including phenoxy) is 1. The number of rotatable bonds is 8. The number of halogens is 2. The van der Waals surface area contributed by atoms with E-state index in [-0.39, 0.29) is 26.3 Å². The van der Waals surface area contributed by atoms with Crippen LogP contribution >= 0.6 is 0 Å². The Labute approximate surface area is 127 Å². The van der Waals surface area contributed by atoms with E-state index in [0.717, 1.165) is 6.07 Å². The van der Waals surface area contributed by atoms with Crippen LogP contribution in [0.25, 0.3) is 0 Å². The monoisotopic (exact) mass is 315 g/mol. The predicted molar refractivity (Wildman–Crippen MR) is 75.5 cm³/mol. The molecular weight excluding hydrogens is 296 g/mol. The number of aliphatic hydroxyl groups is 1. The Bertz CT molecular complexity index is 549. The molecular formula is C15H19F2NO4. The van der Waals surface area contributed by atoms with Crippen LogP contribution < -0.4 is 5.32 Å². The van der Waals surface area contributed by atoms with Gasteiger partial charge in [-0.25, -0.2) is 8.78 Å². The molecule has 122 valence electrons. The van der Waals surface area contributed by atoms with E-state index in [1.165, 1.54) is 13.0 Å². The number of hydrogen-bond acceptors (Lipinski definition) is 5. The Kier molecular flexibility index (Phi) is 7.07. The Balaban J connectivity index is 3.07. The lowest BCUT2D eigenvalue weighted by molar-refractivity contribution is -0.146. The maximum absolute atomic E-state index is 13.8. The number of benzene rings is 1. The van der Waals surface area contributed by atoms with E-state index >= 15 is 0 Å². The molecule has 22 heavy (non-hydrogen) atoms. The van der Waals surface area contributed by atoms with E-state index in [4.69, 9.17) is 9.84 Å². The molecule has 1 atom stereocenters. The highest BCUT2D eigenvalue weighted by Crippen LogP contribution is 2.19. The van der Waals surface area contributed by atoms with Crippen molar-refractivity contribution < 1.29 is 28.2 Å². The molecule has 7 heteroatoms. The zero-order valence-electron chi connectivity index (χ0n) is 12.5. The molecule has 0 amide bonds. The van der Waals surface area contributed by atoms with Gasteiger partial charge in [-0.05, 0) is 31.5 Å². The second-order valence-corrected chi connectivity index (χ2v) is 4.70. The second kappa shape index (κ2) is 8.55. The second-order valence-electron chi connectivity index (χ2n) is 4.70. The fourth-order valence-corrected chi connectivity index (χ4v) is 1.94. The van der Waals surface area contributed by atoms with Crippen LogP contribution in [0.3, 0.4) is 0 Å². The van der Waals surface area contributed by atoms with E-state index in [1.54, 1.807) is 6.92 Å². The lowest BCUT2D eigenvalue weighted by Crippen LogP contribution is -2.37. The summed E-state index contributed by atoms with van der Waals surface area (Å²) in [7, 11) is 0. The number of hydrogen-bond donors (Lipinski definition) is 2. The van der Waals surface area contributed by atoms with E-state index in [9.17, 15) is 18.4 Å². The Hall–Kier alpha value is -1.86. The molecule has 0 radical (unpaired) electrons. The van der Waals surface area contributed by atoms with Gasteiger partial charge in [-0.15, -0.1) is 0 Å². The molecule has 0 spiro atoms. The number of carbonyl (C=O) groups excluding carboxylic acids is 2. The minimum atomic E-state index is -1.30. The van der Waals surface area contributed by atoms with Crippen LogP contribution in [0, 0.1) is 24.5 Å². The summed E-state index contributed by atoms with van der Waals surface area (Å²) in [5.41, 5.74) is -0.116. The van der Waals surface area contributed by atoms with Gasteiger partial charge in [-0.2, -0.15) is 0 Å². The summed E-state index contributed by atoms with van der Waals surface area (Å²) >= 11 is 0. The first-order valence-electron chi connectivity index (χ1n) is 6.90. The third kappa shape index (κ3) is 4.57. The van der Waals surface area contributed by atoms with Crippen molar-refractivity contribution in [3.05, 3.63) is 34.9 Å². The fourth-order valence-electron chi connectivity index (χ4n) is 1.94. The Morgan fingerprint density at radius 3 is 2.64 bits per heavy atom.